The molecule has 8 heteroatoms. The number of carbonyl (C=O) groups excluding carboxylic acids is 2. The van der Waals surface area contributed by atoms with Gasteiger partial charge in [-0.25, -0.2) is 9.78 Å². The van der Waals surface area contributed by atoms with Gasteiger partial charge in [0.1, 0.15) is 0 Å². The van der Waals surface area contributed by atoms with Crippen LogP contribution in [0.4, 0.5) is 9.93 Å². The van der Waals surface area contributed by atoms with Crippen LogP contribution in [0.1, 0.15) is 49.8 Å². The minimum absolute atomic E-state index is 0.0311. The third kappa shape index (κ3) is 6.63. The summed E-state index contributed by atoms with van der Waals surface area (Å²) in [6, 6.07) is 3.83. The number of anilines is 1. The predicted molar refractivity (Wildman–Crippen MR) is 106 cm³/mol. The van der Waals surface area contributed by atoms with Crippen molar-refractivity contribution in [2.45, 2.75) is 57.5 Å². The van der Waals surface area contributed by atoms with Gasteiger partial charge >= 0.3 is 6.03 Å². The van der Waals surface area contributed by atoms with E-state index < -0.39 is 0 Å². The molecule has 2 aromatic rings. The highest BCUT2D eigenvalue weighted by molar-refractivity contribution is 7.13. The number of thiazole rings is 1. The summed E-state index contributed by atoms with van der Waals surface area (Å²) in [5.74, 6) is -0.0311. The van der Waals surface area contributed by atoms with Crippen molar-refractivity contribution in [3.05, 3.63) is 41.2 Å². The van der Waals surface area contributed by atoms with E-state index >= 15 is 0 Å². The van der Waals surface area contributed by atoms with Gasteiger partial charge in [-0.05, 0) is 30.9 Å². The second kappa shape index (κ2) is 10.0. The Morgan fingerprint density at radius 3 is 2.85 bits per heavy atom. The Bertz CT molecular complexity index is 744. The van der Waals surface area contributed by atoms with Crippen LogP contribution in [0.3, 0.4) is 0 Å². The Morgan fingerprint density at radius 2 is 2.07 bits per heavy atom. The zero-order valence-electron chi connectivity index (χ0n) is 15.2. The fourth-order valence-corrected chi connectivity index (χ4v) is 3.82. The van der Waals surface area contributed by atoms with Crippen LogP contribution in [-0.2, 0) is 17.8 Å². The highest BCUT2D eigenvalue weighted by Crippen LogP contribution is 2.19. The number of nitrogens with zero attached hydrogens (tertiary/aromatic N) is 2. The van der Waals surface area contributed by atoms with Crippen molar-refractivity contribution in [1.82, 2.24) is 20.6 Å². The third-order valence-electron chi connectivity index (χ3n) is 4.53. The van der Waals surface area contributed by atoms with E-state index in [1.165, 1.54) is 30.6 Å². The Hall–Kier alpha value is -2.48. The number of hydrogen-bond acceptors (Lipinski definition) is 5. The number of rotatable bonds is 7. The standard InChI is InChI=1S/C19H25N5O2S/c25-17(21-12-14-5-4-10-20-11-14)9-8-16-13-27-19(23-16)24-18(26)22-15-6-2-1-3-7-15/h4-5,10-11,13,15H,1-3,6-9,12H2,(H,21,25)(H2,22,23,24,26). The van der Waals surface area contributed by atoms with E-state index in [-0.39, 0.29) is 18.0 Å². The molecule has 0 bridgehead atoms. The molecule has 3 amide bonds. The average molecular weight is 388 g/mol. The Balaban J connectivity index is 1.37. The lowest BCUT2D eigenvalue weighted by atomic mass is 9.96. The molecule has 3 N–H and O–H groups in total. The molecule has 0 atom stereocenters. The van der Waals surface area contributed by atoms with Crippen molar-refractivity contribution < 1.29 is 9.59 Å². The smallest absolute Gasteiger partial charge is 0.321 e. The summed E-state index contributed by atoms with van der Waals surface area (Å²) in [5, 5.41) is 11.1. The number of urea groups is 1. The second-order valence-corrected chi connectivity index (χ2v) is 7.57. The molecular formula is C19H25N5O2S. The number of aromatic nitrogens is 2. The van der Waals surface area contributed by atoms with Crippen molar-refractivity contribution in [3.63, 3.8) is 0 Å². The SMILES string of the molecule is O=C(CCc1csc(NC(=O)NC2CCCCC2)n1)NCc1cccnc1. The van der Waals surface area contributed by atoms with E-state index in [2.05, 4.69) is 25.9 Å². The minimum atomic E-state index is -0.197. The van der Waals surface area contributed by atoms with Gasteiger partial charge in [-0.1, -0.05) is 25.3 Å². The van der Waals surface area contributed by atoms with E-state index in [9.17, 15) is 9.59 Å². The van der Waals surface area contributed by atoms with Gasteiger partial charge in [-0.15, -0.1) is 11.3 Å². The molecule has 0 unspecified atom stereocenters. The molecule has 3 rings (SSSR count). The van der Waals surface area contributed by atoms with Crippen LogP contribution in [0.15, 0.2) is 29.9 Å². The molecule has 27 heavy (non-hydrogen) atoms. The average Bonchev–Trinajstić information content (AvgIpc) is 3.13. The summed E-state index contributed by atoms with van der Waals surface area (Å²) < 4.78 is 0. The first-order valence-electron chi connectivity index (χ1n) is 9.36. The lowest BCUT2D eigenvalue weighted by molar-refractivity contribution is -0.121. The quantitative estimate of drug-likeness (QED) is 0.679. The maximum Gasteiger partial charge on any atom is 0.321 e. The van der Waals surface area contributed by atoms with Gasteiger partial charge < -0.3 is 10.6 Å². The summed E-state index contributed by atoms with van der Waals surface area (Å²) in [4.78, 5) is 32.4. The van der Waals surface area contributed by atoms with Crippen LogP contribution in [-0.4, -0.2) is 27.9 Å². The van der Waals surface area contributed by atoms with Crippen LogP contribution in [0.25, 0.3) is 0 Å². The maximum absolute atomic E-state index is 12.1. The zero-order valence-corrected chi connectivity index (χ0v) is 16.1. The molecule has 1 fully saturated rings. The van der Waals surface area contributed by atoms with Crippen molar-refractivity contribution in [2.75, 3.05) is 5.32 Å². The lowest BCUT2D eigenvalue weighted by Crippen LogP contribution is -2.38. The largest absolute Gasteiger partial charge is 0.352 e. The fourth-order valence-electron chi connectivity index (χ4n) is 3.08. The fraction of sp³-hybridized carbons (Fsp3) is 0.474. The Morgan fingerprint density at radius 1 is 1.22 bits per heavy atom. The molecule has 2 aromatic heterocycles. The molecular weight excluding hydrogens is 362 g/mol. The topological polar surface area (TPSA) is 96.0 Å². The minimum Gasteiger partial charge on any atom is -0.352 e. The van der Waals surface area contributed by atoms with Crippen LogP contribution in [0.2, 0.25) is 0 Å². The number of pyridine rings is 1. The van der Waals surface area contributed by atoms with Gasteiger partial charge in [-0.3, -0.25) is 15.1 Å². The number of nitrogens with one attached hydrogen (secondary N) is 3. The molecule has 0 aromatic carbocycles. The molecule has 1 saturated carbocycles. The van der Waals surface area contributed by atoms with Crippen molar-refractivity contribution in [1.29, 1.82) is 0 Å². The molecule has 1 aliphatic carbocycles. The van der Waals surface area contributed by atoms with Crippen molar-refractivity contribution >= 4 is 28.4 Å². The van der Waals surface area contributed by atoms with E-state index in [1.54, 1.807) is 12.4 Å². The predicted octanol–water partition coefficient (Wildman–Crippen LogP) is 3.24. The van der Waals surface area contributed by atoms with E-state index in [1.807, 2.05) is 17.5 Å². The van der Waals surface area contributed by atoms with Crippen LogP contribution < -0.4 is 16.0 Å². The van der Waals surface area contributed by atoms with Gasteiger partial charge in [0.2, 0.25) is 5.91 Å². The third-order valence-corrected chi connectivity index (χ3v) is 5.34. The monoisotopic (exact) mass is 387 g/mol. The number of hydrogen-bond donors (Lipinski definition) is 3. The number of aryl methyl sites for hydroxylation is 1. The first kappa shape index (κ1) is 19.3. The van der Waals surface area contributed by atoms with Gasteiger partial charge in [0.15, 0.2) is 5.13 Å². The van der Waals surface area contributed by atoms with Crippen molar-refractivity contribution in [3.8, 4) is 0 Å². The lowest BCUT2D eigenvalue weighted by Gasteiger charge is -2.22. The summed E-state index contributed by atoms with van der Waals surface area (Å²) in [5.41, 5.74) is 1.78. The first-order valence-corrected chi connectivity index (χ1v) is 10.2. The zero-order chi connectivity index (χ0) is 18.9. The molecule has 0 saturated heterocycles. The molecule has 7 nitrogen and oxygen atoms in total. The molecule has 0 spiro atoms. The Kier molecular flexibility index (Phi) is 7.15. The van der Waals surface area contributed by atoms with E-state index in [4.69, 9.17) is 0 Å². The van der Waals surface area contributed by atoms with E-state index in [0.717, 1.165) is 24.1 Å². The summed E-state index contributed by atoms with van der Waals surface area (Å²) in [6.45, 7) is 0.470. The Labute approximate surface area is 163 Å². The summed E-state index contributed by atoms with van der Waals surface area (Å²) in [6.07, 6.45) is 10.0. The highest BCUT2D eigenvalue weighted by atomic mass is 32.1. The normalized spacial score (nSPS) is 14.5. The van der Waals surface area contributed by atoms with Crippen molar-refractivity contribution in [2.24, 2.45) is 0 Å². The first-order chi connectivity index (χ1) is 13.2. The molecule has 0 radical (unpaired) electrons. The van der Waals surface area contributed by atoms with Gasteiger partial charge in [-0.2, -0.15) is 0 Å². The molecule has 144 valence electrons. The van der Waals surface area contributed by atoms with Crippen LogP contribution >= 0.6 is 11.3 Å². The maximum atomic E-state index is 12.1. The van der Waals surface area contributed by atoms with Gasteiger partial charge in [0.25, 0.3) is 0 Å². The second-order valence-electron chi connectivity index (χ2n) is 6.72. The number of amides is 3. The summed E-state index contributed by atoms with van der Waals surface area (Å²) >= 11 is 1.38. The van der Waals surface area contributed by atoms with Gasteiger partial charge in [0.05, 0.1) is 5.69 Å². The van der Waals surface area contributed by atoms with E-state index in [0.29, 0.717) is 24.5 Å². The molecule has 0 aliphatic heterocycles. The van der Waals surface area contributed by atoms with Crippen LogP contribution in [0, 0.1) is 0 Å². The molecule has 1 aliphatic rings. The number of carbonyl (C=O) groups is 2. The highest BCUT2D eigenvalue weighted by Gasteiger charge is 2.16. The summed E-state index contributed by atoms with van der Waals surface area (Å²) in [7, 11) is 0. The molecule has 2 heterocycles. The van der Waals surface area contributed by atoms with Gasteiger partial charge in [0, 0.05) is 36.8 Å². The van der Waals surface area contributed by atoms with Crippen LogP contribution in [0.5, 0.6) is 0 Å².